The number of hydrogen-bond acceptors (Lipinski definition) is 12. The number of nitrogens with one attached hydrogen (secondary N) is 1. The Bertz CT molecular complexity index is 2410. The first-order valence-corrected chi connectivity index (χ1v) is 20.6. The van der Waals surface area contributed by atoms with Crippen molar-refractivity contribution in [1.29, 1.82) is 0 Å². The van der Waals surface area contributed by atoms with Crippen LogP contribution >= 0.6 is 11.3 Å². The number of aliphatic hydroxyl groups is 1. The second-order valence-electron chi connectivity index (χ2n) is 15.7. The zero-order chi connectivity index (χ0) is 40.5. The molecule has 2 fully saturated rings. The van der Waals surface area contributed by atoms with E-state index >= 15 is 0 Å². The van der Waals surface area contributed by atoms with Crippen LogP contribution in [0.15, 0.2) is 88.9 Å². The quantitative estimate of drug-likeness (QED) is 0.117. The maximum atomic E-state index is 14.1. The van der Waals surface area contributed by atoms with E-state index in [4.69, 9.17) is 9.26 Å². The Kier molecular flexibility index (Phi) is 11.2. The van der Waals surface area contributed by atoms with Gasteiger partial charge in [0.2, 0.25) is 11.8 Å². The number of amides is 2. The van der Waals surface area contributed by atoms with Crippen molar-refractivity contribution in [2.24, 2.45) is 5.92 Å². The number of likely N-dealkylation sites (tertiary alicyclic amines) is 2. The molecule has 3 aromatic carbocycles. The van der Waals surface area contributed by atoms with Crippen LogP contribution < -0.4 is 10.1 Å². The molecule has 0 radical (unpaired) electrons. The van der Waals surface area contributed by atoms with Crippen LogP contribution in [0.4, 0.5) is 0 Å². The number of carbonyl (C=O) groups excluding carboxylic acids is 2. The van der Waals surface area contributed by atoms with Crippen LogP contribution in [0.25, 0.3) is 32.6 Å². The summed E-state index contributed by atoms with van der Waals surface area (Å²) in [6.07, 6.45) is -0.672. The van der Waals surface area contributed by atoms with Gasteiger partial charge in [0, 0.05) is 55.5 Å². The molecular formula is C44H47N7O6S. The standard InChI is InChI=1S/C44H47N7O6S/c1-25(2)41(44(55)51-23-33(52)19-37(51)43(54)46-26(3)28-9-11-29(12-10-28)42-27(4)45-24-58-42)39-20-40(49-57-39)56-16-15-50-21-32(22-50)30-13-14-35-31(17-30)18-36(48-47-35)34-7-5-6-8-38(34)53/h5-14,17-18,20,24-26,32-33,37,41,52-53H,15-16,19,21-23H2,1-4H3,(H,46,54)/t26?,33-,37+,41?/m1/s1. The summed E-state index contributed by atoms with van der Waals surface area (Å²) in [4.78, 5) is 37.0. The third-order valence-corrected chi connectivity index (χ3v) is 12.2. The van der Waals surface area contributed by atoms with Crippen molar-refractivity contribution in [1.82, 2.24) is 35.5 Å². The molecule has 58 heavy (non-hydrogen) atoms. The number of thiazole rings is 1. The van der Waals surface area contributed by atoms with Gasteiger partial charge in [0.1, 0.15) is 24.3 Å². The Balaban J connectivity index is 0.843. The Morgan fingerprint density at radius 3 is 2.53 bits per heavy atom. The number of aromatic hydroxyl groups is 1. The zero-order valence-electron chi connectivity index (χ0n) is 32.9. The normalized spacial score (nSPS) is 18.3. The van der Waals surface area contributed by atoms with Crippen molar-refractivity contribution >= 4 is 34.1 Å². The first-order chi connectivity index (χ1) is 28.0. The molecule has 300 valence electrons. The van der Waals surface area contributed by atoms with Crippen LogP contribution in [0.3, 0.4) is 0 Å². The van der Waals surface area contributed by atoms with E-state index < -0.39 is 18.1 Å². The zero-order valence-corrected chi connectivity index (χ0v) is 33.7. The second-order valence-corrected chi connectivity index (χ2v) is 16.5. The molecule has 4 atom stereocenters. The number of carbonyl (C=O) groups is 2. The van der Waals surface area contributed by atoms with Crippen molar-refractivity contribution in [3.05, 3.63) is 107 Å². The Labute approximate surface area is 340 Å². The minimum Gasteiger partial charge on any atom is -0.507 e. The number of ether oxygens (including phenoxy) is 1. The summed E-state index contributed by atoms with van der Waals surface area (Å²) in [5, 5.41) is 37.8. The van der Waals surface area contributed by atoms with E-state index in [9.17, 15) is 19.8 Å². The molecule has 2 saturated heterocycles. The molecule has 5 heterocycles. The Hall–Kier alpha value is -5.70. The van der Waals surface area contributed by atoms with E-state index in [0.29, 0.717) is 42.0 Å². The van der Waals surface area contributed by atoms with E-state index in [-0.39, 0.29) is 42.5 Å². The summed E-state index contributed by atoms with van der Waals surface area (Å²) in [6, 6.07) is 23.9. The molecule has 8 rings (SSSR count). The fourth-order valence-corrected chi connectivity index (χ4v) is 8.80. The SMILES string of the molecule is Cc1ncsc1-c1ccc(C(C)NC(=O)[C@@H]2C[C@@H](O)CN2C(=O)C(c2cc(OCCN3CC(c4ccc5nnc(-c6ccccc6O)cc5c4)C3)no2)C(C)C)cc1. The fraction of sp³-hybridized carbons (Fsp3) is 0.364. The van der Waals surface area contributed by atoms with E-state index in [0.717, 1.165) is 45.7 Å². The van der Waals surface area contributed by atoms with Crippen molar-refractivity contribution in [3.63, 3.8) is 0 Å². The first-order valence-electron chi connectivity index (χ1n) is 19.7. The number of nitrogens with zero attached hydrogens (tertiary/aromatic N) is 6. The van der Waals surface area contributed by atoms with E-state index in [2.05, 4.69) is 42.7 Å². The monoisotopic (exact) mass is 801 g/mol. The highest BCUT2D eigenvalue weighted by molar-refractivity contribution is 7.13. The lowest BCUT2D eigenvalue weighted by Crippen LogP contribution is -2.48. The van der Waals surface area contributed by atoms with Crippen molar-refractivity contribution < 1.29 is 29.1 Å². The predicted molar refractivity (Wildman–Crippen MR) is 220 cm³/mol. The van der Waals surface area contributed by atoms with Gasteiger partial charge in [-0.3, -0.25) is 14.5 Å². The molecule has 6 aromatic rings. The molecule has 2 aliphatic heterocycles. The van der Waals surface area contributed by atoms with Gasteiger partial charge < -0.3 is 29.7 Å². The summed E-state index contributed by atoms with van der Waals surface area (Å²) >= 11 is 1.59. The van der Waals surface area contributed by atoms with Crippen molar-refractivity contribution in [2.75, 3.05) is 32.8 Å². The number of β-amino-alcohol motifs (C(OH)–C–C–N with tert-alkyl or cyclic N) is 1. The number of aliphatic hydroxyl groups excluding tert-OH is 1. The highest BCUT2D eigenvalue weighted by Crippen LogP contribution is 2.35. The highest BCUT2D eigenvalue weighted by atomic mass is 32.1. The number of hydrogen-bond donors (Lipinski definition) is 3. The van der Waals surface area contributed by atoms with Gasteiger partial charge in [-0.05, 0) is 71.9 Å². The van der Waals surface area contributed by atoms with Crippen LogP contribution in [0, 0.1) is 12.8 Å². The van der Waals surface area contributed by atoms with E-state index in [1.165, 1.54) is 10.5 Å². The van der Waals surface area contributed by atoms with Crippen LogP contribution in [0.1, 0.15) is 67.7 Å². The van der Waals surface area contributed by atoms with Gasteiger partial charge in [0.05, 0.1) is 39.4 Å². The van der Waals surface area contributed by atoms with Crippen molar-refractivity contribution in [2.45, 2.75) is 64.1 Å². The summed E-state index contributed by atoms with van der Waals surface area (Å²) in [5.41, 5.74) is 8.11. The maximum absolute atomic E-state index is 14.1. The molecule has 0 aliphatic carbocycles. The lowest BCUT2D eigenvalue weighted by Gasteiger charge is -2.39. The minimum atomic E-state index is -0.825. The topological polar surface area (TPSA) is 167 Å². The number of aromatic nitrogens is 4. The number of phenols is 1. The Morgan fingerprint density at radius 2 is 1.79 bits per heavy atom. The van der Waals surface area contributed by atoms with Gasteiger partial charge in [-0.2, -0.15) is 0 Å². The lowest BCUT2D eigenvalue weighted by atomic mass is 9.90. The number of benzene rings is 3. The third-order valence-electron chi connectivity index (χ3n) is 11.3. The molecular weight excluding hydrogens is 755 g/mol. The molecule has 14 heteroatoms. The van der Waals surface area contributed by atoms with Gasteiger partial charge in [0.25, 0.3) is 5.88 Å². The molecule has 3 N–H and O–H groups in total. The smallest absolute Gasteiger partial charge is 0.254 e. The molecule has 3 aromatic heterocycles. The van der Waals surface area contributed by atoms with Gasteiger partial charge in [-0.1, -0.05) is 56.3 Å². The van der Waals surface area contributed by atoms with Gasteiger partial charge >= 0.3 is 0 Å². The van der Waals surface area contributed by atoms with Gasteiger partial charge in [0.15, 0.2) is 5.76 Å². The summed E-state index contributed by atoms with van der Waals surface area (Å²) in [7, 11) is 0. The molecule has 0 spiro atoms. The second kappa shape index (κ2) is 16.6. The number of fused-ring (bicyclic) bond motifs is 1. The summed E-state index contributed by atoms with van der Waals surface area (Å²) < 4.78 is 11.7. The van der Waals surface area contributed by atoms with Crippen LogP contribution in [-0.4, -0.2) is 97.1 Å². The number of aryl methyl sites for hydroxylation is 1. The summed E-state index contributed by atoms with van der Waals surface area (Å²) in [5.74, 6) is -0.317. The van der Waals surface area contributed by atoms with E-state index in [1.54, 1.807) is 29.5 Å². The average Bonchev–Trinajstić information content (AvgIpc) is 3.95. The average molecular weight is 802 g/mol. The summed E-state index contributed by atoms with van der Waals surface area (Å²) in [6.45, 7) is 10.6. The fourth-order valence-electron chi connectivity index (χ4n) is 7.98. The highest BCUT2D eigenvalue weighted by Gasteiger charge is 2.43. The lowest BCUT2D eigenvalue weighted by molar-refractivity contribution is -0.141. The van der Waals surface area contributed by atoms with Crippen LogP contribution in [0.5, 0.6) is 11.6 Å². The molecule has 13 nitrogen and oxygen atoms in total. The molecule has 2 amide bonds. The largest absolute Gasteiger partial charge is 0.507 e. The number of rotatable bonds is 13. The van der Waals surface area contributed by atoms with Crippen LogP contribution in [-0.2, 0) is 9.59 Å². The van der Waals surface area contributed by atoms with Crippen LogP contribution in [0.2, 0.25) is 0 Å². The predicted octanol–water partition coefficient (Wildman–Crippen LogP) is 6.48. The third kappa shape index (κ3) is 8.17. The first kappa shape index (κ1) is 39.1. The Morgan fingerprint density at radius 1 is 1.00 bits per heavy atom. The number of phenolic OH excluding ortho intramolecular Hbond substituents is 1. The minimum absolute atomic E-state index is 0.0539. The maximum Gasteiger partial charge on any atom is 0.254 e. The molecule has 2 aliphatic rings. The van der Waals surface area contributed by atoms with E-state index in [1.807, 2.05) is 81.7 Å². The molecule has 0 bridgehead atoms. The molecule has 0 saturated carbocycles. The van der Waals surface area contributed by atoms with Crippen molar-refractivity contribution in [3.8, 4) is 33.3 Å². The van der Waals surface area contributed by atoms with Gasteiger partial charge in [-0.25, -0.2) is 4.98 Å². The number of para-hydroxylation sites is 1. The molecule has 2 unspecified atom stereocenters. The van der Waals surface area contributed by atoms with Gasteiger partial charge in [-0.15, -0.1) is 21.5 Å².